The van der Waals surface area contributed by atoms with Crippen molar-refractivity contribution in [2.45, 2.75) is 19.8 Å². The van der Waals surface area contributed by atoms with Crippen LogP contribution in [0.3, 0.4) is 0 Å². The van der Waals surface area contributed by atoms with Crippen molar-refractivity contribution in [2.75, 3.05) is 17.2 Å². The Morgan fingerprint density at radius 1 is 0.958 bits per heavy atom. The van der Waals surface area contributed by atoms with Crippen LogP contribution >= 0.6 is 11.6 Å². The third kappa shape index (κ3) is 5.59. The van der Waals surface area contributed by atoms with Gasteiger partial charge in [-0.3, -0.25) is 9.59 Å². The molecule has 126 valence electrons. The second kappa shape index (κ2) is 8.93. The summed E-state index contributed by atoms with van der Waals surface area (Å²) in [6.07, 6.45) is 1.19. The number of rotatable bonds is 7. The zero-order chi connectivity index (χ0) is 17.4. The van der Waals surface area contributed by atoms with E-state index in [1.807, 2.05) is 6.92 Å². The minimum Gasteiger partial charge on any atom is -0.484 e. The van der Waals surface area contributed by atoms with Crippen LogP contribution in [0, 0.1) is 0 Å². The molecule has 5 nitrogen and oxygen atoms in total. The molecule has 0 atom stereocenters. The van der Waals surface area contributed by atoms with Gasteiger partial charge in [0.15, 0.2) is 6.61 Å². The SMILES string of the molecule is CCCC(=O)Nc1ccccc1NC(=O)COc1ccc(Cl)cc1. The molecule has 0 aliphatic rings. The van der Waals surface area contributed by atoms with Gasteiger partial charge < -0.3 is 15.4 Å². The van der Waals surface area contributed by atoms with Crippen LogP contribution < -0.4 is 15.4 Å². The molecule has 0 saturated heterocycles. The molecule has 0 heterocycles. The Morgan fingerprint density at radius 2 is 1.54 bits per heavy atom. The van der Waals surface area contributed by atoms with Gasteiger partial charge in [-0.1, -0.05) is 30.7 Å². The summed E-state index contributed by atoms with van der Waals surface area (Å²) in [6.45, 7) is 1.79. The minimum absolute atomic E-state index is 0.0865. The quantitative estimate of drug-likeness (QED) is 0.793. The molecule has 2 N–H and O–H groups in total. The van der Waals surface area contributed by atoms with Crippen molar-refractivity contribution >= 4 is 34.8 Å². The number of benzene rings is 2. The lowest BCUT2D eigenvalue weighted by Gasteiger charge is -2.12. The van der Waals surface area contributed by atoms with Gasteiger partial charge in [-0.15, -0.1) is 0 Å². The average Bonchev–Trinajstić information content (AvgIpc) is 2.56. The van der Waals surface area contributed by atoms with E-state index in [9.17, 15) is 9.59 Å². The van der Waals surface area contributed by atoms with E-state index in [2.05, 4.69) is 10.6 Å². The van der Waals surface area contributed by atoms with Gasteiger partial charge in [0.1, 0.15) is 5.75 Å². The molecular formula is C18H19ClN2O3. The molecule has 2 amide bonds. The van der Waals surface area contributed by atoms with E-state index in [0.717, 1.165) is 6.42 Å². The van der Waals surface area contributed by atoms with E-state index >= 15 is 0 Å². The highest BCUT2D eigenvalue weighted by atomic mass is 35.5. The second-order valence-electron chi connectivity index (χ2n) is 5.13. The Morgan fingerprint density at radius 3 is 2.12 bits per heavy atom. The zero-order valence-corrected chi connectivity index (χ0v) is 14.1. The van der Waals surface area contributed by atoms with Crippen molar-refractivity contribution < 1.29 is 14.3 Å². The summed E-state index contributed by atoms with van der Waals surface area (Å²) in [4.78, 5) is 23.8. The molecule has 0 aliphatic heterocycles. The fraction of sp³-hybridized carbons (Fsp3) is 0.222. The van der Waals surface area contributed by atoms with Crippen LogP contribution in [0.4, 0.5) is 11.4 Å². The third-order valence-corrected chi connectivity index (χ3v) is 3.39. The van der Waals surface area contributed by atoms with Crippen LogP contribution in [0.5, 0.6) is 5.75 Å². The predicted molar refractivity (Wildman–Crippen MR) is 95.6 cm³/mol. The molecule has 0 radical (unpaired) electrons. The first-order valence-electron chi connectivity index (χ1n) is 7.65. The first-order chi connectivity index (χ1) is 11.6. The number of carbonyl (C=O) groups excluding carboxylic acids is 2. The van der Waals surface area contributed by atoms with Crippen molar-refractivity contribution in [3.05, 3.63) is 53.6 Å². The van der Waals surface area contributed by atoms with Gasteiger partial charge in [0.2, 0.25) is 5.91 Å². The molecular weight excluding hydrogens is 328 g/mol. The smallest absolute Gasteiger partial charge is 0.262 e. The fourth-order valence-electron chi connectivity index (χ4n) is 2.01. The average molecular weight is 347 g/mol. The van der Waals surface area contributed by atoms with Crippen molar-refractivity contribution in [1.82, 2.24) is 0 Å². The molecule has 2 aromatic rings. The van der Waals surface area contributed by atoms with Crippen LogP contribution in [-0.2, 0) is 9.59 Å². The monoisotopic (exact) mass is 346 g/mol. The second-order valence-corrected chi connectivity index (χ2v) is 5.57. The number of carbonyl (C=O) groups is 2. The van der Waals surface area contributed by atoms with Crippen molar-refractivity contribution in [3.8, 4) is 5.75 Å². The number of halogens is 1. The van der Waals surface area contributed by atoms with Crippen molar-refractivity contribution in [3.63, 3.8) is 0 Å². The lowest BCUT2D eigenvalue weighted by Crippen LogP contribution is -2.21. The molecule has 2 aromatic carbocycles. The number of nitrogens with one attached hydrogen (secondary N) is 2. The van der Waals surface area contributed by atoms with Crippen LogP contribution in [0.15, 0.2) is 48.5 Å². The highest BCUT2D eigenvalue weighted by molar-refractivity contribution is 6.30. The van der Waals surface area contributed by atoms with Crippen LogP contribution in [-0.4, -0.2) is 18.4 Å². The zero-order valence-electron chi connectivity index (χ0n) is 13.3. The van der Waals surface area contributed by atoms with Crippen LogP contribution in [0.25, 0.3) is 0 Å². The van der Waals surface area contributed by atoms with E-state index in [-0.39, 0.29) is 18.4 Å². The van der Waals surface area contributed by atoms with Gasteiger partial charge in [0.25, 0.3) is 5.91 Å². The van der Waals surface area contributed by atoms with Gasteiger partial charge in [-0.25, -0.2) is 0 Å². The molecule has 0 spiro atoms. The maximum atomic E-state index is 12.0. The normalized spacial score (nSPS) is 10.1. The molecule has 0 fully saturated rings. The van der Waals surface area contributed by atoms with E-state index in [1.54, 1.807) is 48.5 Å². The van der Waals surface area contributed by atoms with Crippen molar-refractivity contribution in [2.24, 2.45) is 0 Å². The summed E-state index contributed by atoms with van der Waals surface area (Å²) in [7, 11) is 0. The largest absolute Gasteiger partial charge is 0.484 e. The Hall–Kier alpha value is -2.53. The van der Waals surface area contributed by atoms with Gasteiger partial charge in [0, 0.05) is 11.4 Å². The van der Waals surface area contributed by atoms with Gasteiger partial charge in [-0.2, -0.15) is 0 Å². The number of ether oxygens (including phenoxy) is 1. The minimum atomic E-state index is -0.317. The lowest BCUT2D eigenvalue weighted by molar-refractivity contribution is -0.118. The Labute approximate surface area is 146 Å². The topological polar surface area (TPSA) is 67.4 Å². The number of hydrogen-bond donors (Lipinski definition) is 2. The molecule has 0 saturated carbocycles. The summed E-state index contributed by atoms with van der Waals surface area (Å²) >= 11 is 5.79. The molecule has 2 rings (SSSR count). The third-order valence-electron chi connectivity index (χ3n) is 3.14. The van der Waals surface area contributed by atoms with E-state index < -0.39 is 0 Å². The number of amides is 2. The Kier molecular flexibility index (Phi) is 6.63. The van der Waals surface area contributed by atoms with E-state index in [0.29, 0.717) is 28.6 Å². The number of hydrogen-bond acceptors (Lipinski definition) is 3. The number of para-hydroxylation sites is 2. The summed E-state index contributed by atoms with van der Waals surface area (Å²) in [5, 5.41) is 6.12. The summed E-state index contributed by atoms with van der Waals surface area (Å²) in [6, 6.07) is 13.8. The maximum absolute atomic E-state index is 12.0. The van der Waals surface area contributed by atoms with Crippen LogP contribution in [0.1, 0.15) is 19.8 Å². The Bertz CT molecular complexity index is 702. The van der Waals surface area contributed by atoms with Gasteiger partial charge >= 0.3 is 0 Å². The highest BCUT2D eigenvalue weighted by Crippen LogP contribution is 2.21. The van der Waals surface area contributed by atoms with Crippen molar-refractivity contribution in [1.29, 1.82) is 0 Å². The fourth-order valence-corrected chi connectivity index (χ4v) is 2.13. The molecule has 0 bridgehead atoms. The van der Waals surface area contributed by atoms with Gasteiger partial charge in [0.05, 0.1) is 11.4 Å². The van der Waals surface area contributed by atoms with Gasteiger partial charge in [-0.05, 0) is 42.8 Å². The standard InChI is InChI=1S/C18H19ClN2O3/c1-2-5-17(22)20-15-6-3-4-7-16(15)21-18(23)12-24-14-10-8-13(19)9-11-14/h3-4,6-11H,2,5,12H2,1H3,(H,20,22)(H,21,23). The lowest BCUT2D eigenvalue weighted by atomic mass is 10.2. The maximum Gasteiger partial charge on any atom is 0.262 e. The molecule has 0 aromatic heterocycles. The first kappa shape index (κ1) is 17.8. The van der Waals surface area contributed by atoms with Crippen LogP contribution in [0.2, 0.25) is 5.02 Å². The molecule has 6 heteroatoms. The van der Waals surface area contributed by atoms with E-state index in [1.165, 1.54) is 0 Å². The predicted octanol–water partition coefficient (Wildman–Crippen LogP) is 4.10. The molecule has 24 heavy (non-hydrogen) atoms. The Balaban J connectivity index is 1.93. The number of anilines is 2. The first-order valence-corrected chi connectivity index (χ1v) is 8.03. The molecule has 0 aliphatic carbocycles. The van der Waals surface area contributed by atoms with E-state index in [4.69, 9.17) is 16.3 Å². The summed E-state index contributed by atoms with van der Waals surface area (Å²) in [5.41, 5.74) is 1.10. The summed E-state index contributed by atoms with van der Waals surface area (Å²) < 4.78 is 5.40. The highest BCUT2D eigenvalue weighted by Gasteiger charge is 2.09. The summed E-state index contributed by atoms with van der Waals surface area (Å²) in [5.74, 6) is 0.151. The molecule has 0 unspecified atom stereocenters.